The van der Waals surface area contributed by atoms with Gasteiger partial charge in [-0.2, -0.15) is 0 Å². The van der Waals surface area contributed by atoms with Gasteiger partial charge in [0.15, 0.2) is 0 Å². The summed E-state index contributed by atoms with van der Waals surface area (Å²) in [5.41, 5.74) is 12.7. The topological polar surface area (TPSA) is 9.86 Å². The third-order valence-electron chi connectivity index (χ3n) is 10.5. The molecule has 0 saturated carbocycles. The fourth-order valence-electron chi connectivity index (χ4n) is 8.26. The molecule has 0 atom stereocenters. The van der Waals surface area contributed by atoms with Crippen molar-refractivity contribution in [1.29, 1.82) is 0 Å². The molecule has 222 valence electrons. The average Bonchev–Trinajstić information content (AvgIpc) is 3.71. The second-order valence-corrected chi connectivity index (χ2v) is 17.7. The highest BCUT2D eigenvalue weighted by atomic mass is 28.3. The minimum absolute atomic E-state index is 1.18. The van der Waals surface area contributed by atoms with Crippen LogP contribution in [0.1, 0.15) is 0 Å². The first-order valence-corrected chi connectivity index (χ1v) is 19.4. The Morgan fingerprint density at radius 2 is 0.872 bits per heavy atom. The Morgan fingerprint density at radius 1 is 0.362 bits per heavy atom. The number of benzene rings is 7. The van der Waals surface area contributed by atoms with E-state index in [1.807, 2.05) is 0 Å². The van der Waals surface area contributed by atoms with E-state index in [2.05, 4.69) is 180 Å². The highest BCUT2D eigenvalue weighted by Crippen LogP contribution is 2.40. The van der Waals surface area contributed by atoms with E-state index < -0.39 is 8.07 Å². The molecule has 3 heteroatoms. The van der Waals surface area contributed by atoms with Gasteiger partial charge in [-0.25, -0.2) is 0 Å². The third kappa shape index (κ3) is 3.72. The Hall–Kier alpha value is -5.64. The third-order valence-corrected chi connectivity index (χ3v) is 14.0. The summed E-state index contributed by atoms with van der Waals surface area (Å²) in [5, 5.41) is 8.23. The minimum atomic E-state index is -1.82. The van der Waals surface area contributed by atoms with Crippen LogP contribution in [0.25, 0.3) is 77.2 Å². The van der Waals surface area contributed by atoms with Crippen molar-refractivity contribution in [2.45, 2.75) is 13.1 Å². The van der Waals surface area contributed by atoms with E-state index in [1.54, 1.807) is 5.19 Å². The summed E-state index contributed by atoms with van der Waals surface area (Å²) in [5.74, 6) is 0. The zero-order valence-electron chi connectivity index (χ0n) is 26.4. The number of hydrogen-bond acceptors (Lipinski definition) is 0. The van der Waals surface area contributed by atoms with E-state index in [-0.39, 0.29) is 0 Å². The van der Waals surface area contributed by atoms with Crippen molar-refractivity contribution >= 4 is 62.1 Å². The predicted octanol–water partition coefficient (Wildman–Crippen LogP) is 10.4. The van der Waals surface area contributed by atoms with Crippen molar-refractivity contribution in [3.63, 3.8) is 0 Å². The van der Waals surface area contributed by atoms with Gasteiger partial charge in [-0.15, -0.1) is 0 Å². The van der Waals surface area contributed by atoms with Crippen molar-refractivity contribution in [2.24, 2.45) is 0 Å². The zero-order chi connectivity index (χ0) is 31.3. The zero-order valence-corrected chi connectivity index (χ0v) is 27.4. The lowest BCUT2D eigenvalue weighted by molar-refractivity contribution is 1.18. The normalized spacial score (nSPS) is 13.5. The standard InChI is InChI=1S/C44H32N2Si/c1-47(2)43-20-12-10-18-34(43)38-27-37-36-26-30(22-24-41(36)46(42(37)28-44(38)47)32-15-7-4-8-16-32)29-21-23-40-35(25-29)33-17-9-11-19-39(33)45(40)31-13-5-3-6-14-31/h3-28H,1-2H3. The molecule has 0 spiro atoms. The molecule has 3 heterocycles. The molecule has 0 bridgehead atoms. The molecule has 0 saturated heterocycles. The lowest BCUT2D eigenvalue weighted by atomic mass is 9.99. The Labute approximate surface area is 274 Å². The Kier molecular flexibility index (Phi) is 5.47. The molecule has 9 aromatic rings. The highest BCUT2D eigenvalue weighted by Gasteiger charge is 2.38. The Morgan fingerprint density at radius 3 is 1.55 bits per heavy atom. The van der Waals surface area contributed by atoms with E-state index >= 15 is 0 Å². The summed E-state index contributed by atoms with van der Waals surface area (Å²) in [6.07, 6.45) is 0. The van der Waals surface area contributed by atoms with E-state index in [9.17, 15) is 0 Å². The molecule has 0 unspecified atom stereocenters. The van der Waals surface area contributed by atoms with Crippen molar-refractivity contribution < 1.29 is 0 Å². The predicted molar refractivity (Wildman–Crippen MR) is 203 cm³/mol. The fourth-order valence-corrected chi connectivity index (χ4v) is 11.3. The molecule has 0 fully saturated rings. The molecule has 1 aliphatic rings. The van der Waals surface area contributed by atoms with Gasteiger partial charge < -0.3 is 9.13 Å². The quantitative estimate of drug-likeness (QED) is 0.175. The number of fused-ring (bicyclic) bond motifs is 9. The smallest absolute Gasteiger partial charge is 0.113 e. The summed E-state index contributed by atoms with van der Waals surface area (Å²) < 4.78 is 4.85. The summed E-state index contributed by atoms with van der Waals surface area (Å²) in [4.78, 5) is 0. The SMILES string of the molecule is C[Si]1(C)c2ccccc2-c2cc3c4cc(-c5ccc6c(c5)c5ccccc5n6-c5ccccc5)ccc4n(-c4ccccc4)c3cc21. The van der Waals surface area contributed by atoms with Gasteiger partial charge in [-0.1, -0.05) is 104 Å². The van der Waals surface area contributed by atoms with Gasteiger partial charge in [0.25, 0.3) is 0 Å². The number of rotatable bonds is 3. The van der Waals surface area contributed by atoms with Crippen LogP contribution in [0.5, 0.6) is 0 Å². The van der Waals surface area contributed by atoms with Gasteiger partial charge in [0.1, 0.15) is 8.07 Å². The molecule has 47 heavy (non-hydrogen) atoms. The molecule has 0 amide bonds. The van der Waals surface area contributed by atoms with E-state index in [0.29, 0.717) is 0 Å². The van der Waals surface area contributed by atoms with Crippen molar-refractivity contribution in [3.05, 3.63) is 158 Å². The lowest BCUT2D eigenvalue weighted by Crippen LogP contribution is -2.49. The summed E-state index contributed by atoms with van der Waals surface area (Å²) in [6.45, 7) is 5.00. The van der Waals surface area contributed by atoms with Gasteiger partial charge in [-0.3, -0.25) is 0 Å². The number of para-hydroxylation sites is 3. The van der Waals surface area contributed by atoms with Crippen LogP contribution >= 0.6 is 0 Å². The van der Waals surface area contributed by atoms with E-state index in [1.165, 1.54) is 82.4 Å². The fraction of sp³-hybridized carbons (Fsp3) is 0.0455. The molecule has 0 aliphatic carbocycles. The van der Waals surface area contributed by atoms with Gasteiger partial charge >= 0.3 is 0 Å². The van der Waals surface area contributed by atoms with Gasteiger partial charge in [0, 0.05) is 32.9 Å². The monoisotopic (exact) mass is 616 g/mol. The lowest BCUT2D eigenvalue weighted by Gasteiger charge is -2.19. The Balaban J connectivity index is 1.23. The van der Waals surface area contributed by atoms with E-state index in [4.69, 9.17) is 0 Å². The van der Waals surface area contributed by atoms with Crippen LogP contribution in [-0.2, 0) is 0 Å². The van der Waals surface area contributed by atoms with Gasteiger partial charge in [-0.05, 0) is 99.4 Å². The number of hydrogen-bond donors (Lipinski definition) is 0. The molecule has 10 rings (SSSR count). The molecule has 2 nitrogen and oxygen atoms in total. The maximum Gasteiger partial charge on any atom is 0.113 e. The van der Waals surface area contributed by atoms with Gasteiger partial charge in [0.05, 0.1) is 22.1 Å². The van der Waals surface area contributed by atoms with Crippen molar-refractivity contribution in [3.8, 4) is 33.6 Å². The first-order chi connectivity index (χ1) is 23.1. The second kappa shape index (κ2) is 9.68. The number of nitrogens with zero attached hydrogens (tertiary/aromatic N) is 2. The van der Waals surface area contributed by atoms with Crippen molar-refractivity contribution in [1.82, 2.24) is 9.13 Å². The Bertz CT molecular complexity index is 2690. The molecule has 1 aliphatic heterocycles. The first-order valence-electron chi connectivity index (χ1n) is 16.4. The van der Waals surface area contributed by atoms with Crippen LogP contribution in [0.4, 0.5) is 0 Å². The molecule has 0 radical (unpaired) electrons. The molecular weight excluding hydrogens is 585 g/mol. The van der Waals surface area contributed by atoms with Crippen LogP contribution in [0, 0.1) is 0 Å². The van der Waals surface area contributed by atoms with Crippen LogP contribution in [-0.4, -0.2) is 17.2 Å². The van der Waals surface area contributed by atoms with E-state index in [0.717, 1.165) is 0 Å². The first kappa shape index (κ1) is 26.6. The maximum atomic E-state index is 2.52. The van der Waals surface area contributed by atoms with Crippen LogP contribution in [0.2, 0.25) is 13.1 Å². The van der Waals surface area contributed by atoms with Crippen LogP contribution in [0.3, 0.4) is 0 Å². The molecular formula is C44H32N2Si. The molecule has 7 aromatic carbocycles. The summed E-state index contributed by atoms with van der Waals surface area (Å²) >= 11 is 0. The van der Waals surface area contributed by atoms with Crippen LogP contribution < -0.4 is 10.4 Å². The summed E-state index contributed by atoms with van der Waals surface area (Å²) in [6, 6.07) is 58.4. The average molecular weight is 617 g/mol. The van der Waals surface area contributed by atoms with Gasteiger partial charge in [0.2, 0.25) is 0 Å². The maximum absolute atomic E-state index is 2.52. The number of aromatic nitrogens is 2. The second-order valence-electron chi connectivity index (χ2n) is 13.4. The minimum Gasteiger partial charge on any atom is -0.309 e. The van der Waals surface area contributed by atoms with Crippen molar-refractivity contribution in [2.75, 3.05) is 0 Å². The highest BCUT2D eigenvalue weighted by molar-refractivity contribution is 7.04. The van der Waals surface area contributed by atoms with Crippen LogP contribution in [0.15, 0.2) is 158 Å². The molecule has 0 N–H and O–H groups in total. The molecule has 2 aromatic heterocycles. The largest absolute Gasteiger partial charge is 0.309 e. The summed E-state index contributed by atoms with van der Waals surface area (Å²) in [7, 11) is -1.82.